The minimum Gasteiger partial charge on any atom is -0.320 e. The van der Waals surface area contributed by atoms with Crippen LogP contribution in [0.4, 0.5) is 5.69 Å². The molecule has 2 aromatic carbocycles. The number of aryl methyl sites for hydroxylation is 1. The fraction of sp³-hybridized carbons (Fsp3) is 0.167. The zero-order valence-corrected chi connectivity index (χ0v) is 15.3. The van der Waals surface area contributed by atoms with E-state index >= 15 is 0 Å². The highest BCUT2D eigenvalue weighted by Crippen LogP contribution is 2.20. The van der Waals surface area contributed by atoms with E-state index < -0.39 is 0 Å². The molecule has 3 aromatic rings. The lowest BCUT2D eigenvalue weighted by Gasteiger charge is -2.09. The monoisotopic (exact) mass is 384 g/mol. The van der Waals surface area contributed by atoms with Gasteiger partial charge >= 0.3 is 0 Å². The Bertz CT molecular complexity index is 900. The number of amides is 1. The van der Waals surface area contributed by atoms with Crippen molar-refractivity contribution in [3.8, 4) is 5.69 Å². The van der Waals surface area contributed by atoms with Crippen molar-refractivity contribution in [1.82, 2.24) is 15.0 Å². The van der Waals surface area contributed by atoms with Crippen molar-refractivity contribution in [2.75, 3.05) is 5.32 Å². The van der Waals surface area contributed by atoms with E-state index in [9.17, 15) is 4.79 Å². The maximum absolute atomic E-state index is 12.6. The number of anilines is 1. The smallest absolute Gasteiger partial charge is 0.278 e. The van der Waals surface area contributed by atoms with Gasteiger partial charge in [-0.3, -0.25) is 4.79 Å². The fourth-order valence-corrected chi connectivity index (χ4v) is 2.70. The molecule has 6 heteroatoms. The first-order valence-corrected chi connectivity index (χ1v) is 8.32. The lowest BCUT2D eigenvalue weighted by atomic mass is 10.1. The van der Waals surface area contributed by atoms with Crippen molar-refractivity contribution >= 4 is 27.5 Å². The van der Waals surface area contributed by atoms with E-state index in [1.807, 2.05) is 63.2 Å². The first-order valence-electron chi connectivity index (χ1n) is 7.53. The summed E-state index contributed by atoms with van der Waals surface area (Å²) in [5.41, 5.74) is 4.83. The molecule has 0 bridgehead atoms. The van der Waals surface area contributed by atoms with Crippen molar-refractivity contribution in [2.24, 2.45) is 0 Å². The highest BCUT2D eigenvalue weighted by Gasteiger charge is 2.18. The second-order valence-corrected chi connectivity index (χ2v) is 6.53. The van der Waals surface area contributed by atoms with Crippen LogP contribution in [0.1, 0.15) is 27.3 Å². The standard InChI is InChI=1S/C18H17BrN4O/c1-11-5-4-6-16(12(11)2)20-18(24)17-13(3)23(22-21-17)15-9-7-14(19)8-10-15/h4-10H,1-3H3,(H,20,24). The molecule has 3 rings (SSSR count). The first kappa shape index (κ1) is 16.4. The summed E-state index contributed by atoms with van der Waals surface area (Å²) in [6.45, 7) is 5.83. The number of halogens is 1. The van der Waals surface area contributed by atoms with Crippen molar-refractivity contribution in [2.45, 2.75) is 20.8 Å². The van der Waals surface area contributed by atoms with Crippen molar-refractivity contribution in [3.05, 3.63) is 69.5 Å². The molecule has 24 heavy (non-hydrogen) atoms. The molecule has 0 fully saturated rings. The van der Waals surface area contributed by atoms with Gasteiger partial charge in [-0.25, -0.2) is 4.68 Å². The van der Waals surface area contributed by atoms with Crippen LogP contribution in [0, 0.1) is 20.8 Å². The quantitative estimate of drug-likeness (QED) is 0.735. The molecule has 0 atom stereocenters. The van der Waals surface area contributed by atoms with Crippen LogP contribution in [-0.4, -0.2) is 20.9 Å². The average molecular weight is 385 g/mol. The van der Waals surface area contributed by atoms with Gasteiger partial charge in [0.05, 0.1) is 11.4 Å². The second-order valence-electron chi connectivity index (χ2n) is 5.61. The van der Waals surface area contributed by atoms with Gasteiger partial charge in [-0.2, -0.15) is 0 Å². The molecular formula is C18H17BrN4O. The molecule has 0 radical (unpaired) electrons. The van der Waals surface area contributed by atoms with Crippen LogP contribution in [0.2, 0.25) is 0 Å². The topological polar surface area (TPSA) is 59.8 Å². The predicted molar refractivity (Wildman–Crippen MR) is 97.7 cm³/mol. The van der Waals surface area contributed by atoms with Crippen molar-refractivity contribution < 1.29 is 4.79 Å². The third kappa shape index (κ3) is 3.10. The maximum Gasteiger partial charge on any atom is 0.278 e. The second kappa shape index (κ2) is 6.57. The minimum absolute atomic E-state index is 0.260. The van der Waals surface area contributed by atoms with E-state index in [2.05, 4.69) is 31.6 Å². The van der Waals surface area contributed by atoms with Gasteiger partial charge < -0.3 is 5.32 Å². The Morgan fingerprint density at radius 3 is 2.50 bits per heavy atom. The molecule has 5 nitrogen and oxygen atoms in total. The molecule has 1 aromatic heterocycles. The van der Waals surface area contributed by atoms with Gasteiger partial charge in [-0.1, -0.05) is 33.3 Å². The number of carbonyl (C=O) groups excluding carboxylic acids is 1. The number of benzene rings is 2. The van der Waals surface area contributed by atoms with Crippen LogP contribution in [0.25, 0.3) is 5.69 Å². The van der Waals surface area contributed by atoms with Crippen LogP contribution in [0.3, 0.4) is 0 Å². The predicted octanol–water partition coefficient (Wildman–Crippen LogP) is 4.21. The van der Waals surface area contributed by atoms with Crippen molar-refractivity contribution in [3.63, 3.8) is 0 Å². The third-order valence-corrected chi connectivity index (χ3v) is 4.56. The Labute approximate surface area is 148 Å². The zero-order valence-electron chi connectivity index (χ0n) is 13.7. The van der Waals surface area contributed by atoms with E-state index in [0.29, 0.717) is 11.4 Å². The lowest BCUT2D eigenvalue weighted by Crippen LogP contribution is -2.15. The summed E-state index contributed by atoms with van der Waals surface area (Å²) >= 11 is 3.41. The Morgan fingerprint density at radius 2 is 1.79 bits per heavy atom. The number of rotatable bonds is 3. The summed E-state index contributed by atoms with van der Waals surface area (Å²) < 4.78 is 2.64. The number of carbonyl (C=O) groups is 1. The molecule has 0 unspecified atom stereocenters. The molecule has 1 heterocycles. The van der Waals surface area contributed by atoms with Gasteiger partial charge in [-0.05, 0) is 62.2 Å². The third-order valence-electron chi connectivity index (χ3n) is 4.03. The van der Waals surface area contributed by atoms with Crippen LogP contribution in [0.15, 0.2) is 46.9 Å². The van der Waals surface area contributed by atoms with Crippen molar-refractivity contribution in [1.29, 1.82) is 0 Å². The van der Waals surface area contributed by atoms with Crippen LogP contribution >= 0.6 is 15.9 Å². The normalized spacial score (nSPS) is 10.7. The number of nitrogens with one attached hydrogen (secondary N) is 1. The largest absolute Gasteiger partial charge is 0.320 e. The molecular weight excluding hydrogens is 368 g/mol. The molecule has 1 amide bonds. The Kier molecular flexibility index (Phi) is 4.49. The molecule has 0 aliphatic carbocycles. The highest BCUT2D eigenvalue weighted by molar-refractivity contribution is 9.10. The summed E-state index contributed by atoms with van der Waals surface area (Å²) in [5.74, 6) is -0.260. The van der Waals surface area contributed by atoms with E-state index in [-0.39, 0.29) is 5.91 Å². The zero-order chi connectivity index (χ0) is 17.3. The number of aromatic nitrogens is 3. The SMILES string of the molecule is Cc1cccc(NC(=O)c2nnn(-c3ccc(Br)cc3)c2C)c1C. The molecule has 0 aliphatic rings. The van der Waals surface area contributed by atoms with Gasteiger partial charge in [0.1, 0.15) is 0 Å². The summed E-state index contributed by atoms with van der Waals surface area (Å²) in [5, 5.41) is 11.1. The van der Waals surface area contributed by atoms with E-state index in [0.717, 1.165) is 27.0 Å². The van der Waals surface area contributed by atoms with E-state index in [4.69, 9.17) is 0 Å². The maximum atomic E-state index is 12.6. The molecule has 0 aliphatic heterocycles. The molecule has 0 saturated heterocycles. The van der Waals surface area contributed by atoms with Gasteiger partial charge in [0.15, 0.2) is 5.69 Å². The molecule has 0 saturated carbocycles. The summed E-state index contributed by atoms with van der Waals surface area (Å²) in [7, 11) is 0. The molecule has 0 spiro atoms. The van der Waals surface area contributed by atoms with Crippen LogP contribution in [-0.2, 0) is 0 Å². The highest BCUT2D eigenvalue weighted by atomic mass is 79.9. The number of hydrogen-bond donors (Lipinski definition) is 1. The first-order chi connectivity index (χ1) is 11.5. The van der Waals surface area contributed by atoms with Crippen LogP contribution in [0.5, 0.6) is 0 Å². The summed E-state index contributed by atoms with van der Waals surface area (Å²) in [4.78, 5) is 12.6. The minimum atomic E-state index is -0.260. The Balaban J connectivity index is 1.89. The fourth-order valence-electron chi connectivity index (χ4n) is 2.43. The molecule has 122 valence electrons. The van der Waals surface area contributed by atoms with Gasteiger partial charge in [0.2, 0.25) is 0 Å². The summed E-state index contributed by atoms with van der Waals surface area (Å²) in [6.07, 6.45) is 0. The van der Waals surface area contributed by atoms with E-state index in [1.54, 1.807) is 4.68 Å². The lowest BCUT2D eigenvalue weighted by molar-refractivity contribution is 0.102. The number of nitrogens with zero attached hydrogens (tertiary/aromatic N) is 3. The Hall–Kier alpha value is -2.47. The van der Waals surface area contributed by atoms with Gasteiger partial charge in [-0.15, -0.1) is 5.10 Å². The average Bonchev–Trinajstić information content (AvgIpc) is 2.94. The van der Waals surface area contributed by atoms with Gasteiger partial charge in [0, 0.05) is 10.2 Å². The van der Waals surface area contributed by atoms with E-state index in [1.165, 1.54) is 0 Å². The molecule has 1 N–H and O–H groups in total. The Morgan fingerprint density at radius 1 is 1.08 bits per heavy atom. The summed E-state index contributed by atoms with van der Waals surface area (Å²) in [6, 6.07) is 13.5. The van der Waals surface area contributed by atoms with Gasteiger partial charge in [0.25, 0.3) is 5.91 Å². The van der Waals surface area contributed by atoms with Crippen LogP contribution < -0.4 is 5.32 Å². The number of hydrogen-bond acceptors (Lipinski definition) is 3.